The molecule has 2 heterocycles. The number of nitrogens with zero attached hydrogens (tertiary/aromatic N) is 1. The standard InChI is InChI=1S/C20H21ClN2O5S/c21-17-7-6-15(29(25,26)23-9-3-1-2-4-10-23)12-16(17)20(24)22-14-5-8-18-19(11-14)28-13-27-18/h5-8,11-12H,1-4,9-10,13H2,(H,22,24). The van der Waals surface area contributed by atoms with Gasteiger partial charge in [-0.25, -0.2) is 8.42 Å². The van der Waals surface area contributed by atoms with Crippen LogP contribution in [0.5, 0.6) is 11.5 Å². The van der Waals surface area contributed by atoms with E-state index in [9.17, 15) is 13.2 Å². The number of hydrogen-bond acceptors (Lipinski definition) is 5. The number of fused-ring (bicyclic) bond motifs is 1. The third-order valence-electron chi connectivity index (χ3n) is 5.02. The average Bonchev–Trinajstić information content (AvgIpc) is 2.98. The second-order valence-electron chi connectivity index (χ2n) is 6.98. The third kappa shape index (κ3) is 4.19. The summed E-state index contributed by atoms with van der Waals surface area (Å²) in [5.41, 5.74) is 0.594. The third-order valence-corrected chi connectivity index (χ3v) is 7.24. The molecule has 0 spiro atoms. The average molecular weight is 437 g/mol. The van der Waals surface area contributed by atoms with Crippen LogP contribution in [0.1, 0.15) is 36.0 Å². The van der Waals surface area contributed by atoms with E-state index in [1.165, 1.54) is 22.5 Å². The number of halogens is 1. The quantitative estimate of drug-likeness (QED) is 0.786. The van der Waals surface area contributed by atoms with Gasteiger partial charge < -0.3 is 14.8 Å². The highest BCUT2D eigenvalue weighted by Gasteiger charge is 2.27. The monoisotopic (exact) mass is 436 g/mol. The first kappa shape index (κ1) is 20.0. The molecule has 2 aromatic rings. The van der Waals surface area contributed by atoms with Crippen molar-refractivity contribution in [3.05, 3.63) is 47.0 Å². The van der Waals surface area contributed by atoms with Crippen LogP contribution in [0.15, 0.2) is 41.3 Å². The molecule has 7 nitrogen and oxygen atoms in total. The summed E-state index contributed by atoms with van der Waals surface area (Å²) >= 11 is 6.20. The molecule has 0 unspecified atom stereocenters. The molecular weight excluding hydrogens is 416 g/mol. The number of benzene rings is 2. The molecule has 0 saturated carbocycles. The molecule has 29 heavy (non-hydrogen) atoms. The molecule has 1 saturated heterocycles. The van der Waals surface area contributed by atoms with Crippen LogP contribution in [0.25, 0.3) is 0 Å². The van der Waals surface area contributed by atoms with Gasteiger partial charge in [-0.15, -0.1) is 0 Å². The molecule has 2 aromatic carbocycles. The summed E-state index contributed by atoms with van der Waals surface area (Å²) in [6.45, 7) is 1.11. The van der Waals surface area contributed by atoms with E-state index in [1.54, 1.807) is 18.2 Å². The minimum Gasteiger partial charge on any atom is -0.454 e. The van der Waals surface area contributed by atoms with E-state index in [0.29, 0.717) is 30.3 Å². The van der Waals surface area contributed by atoms with E-state index in [4.69, 9.17) is 21.1 Å². The Morgan fingerprint density at radius 2 is 1.69 bits per heavy atom. The number of nitrogens with one attached hydrogen (secondary N) is 1. The lowest BCUT2D eigenvalue weighted by Gasteiger charge is -2.20. The van der Waals surface area contributed by atoms with Gasteiger partial charge in [-0.2, -0.15) is 4.31 Å². The Balaban J connectivity index is 1.58. The van der Waals surface area contributed by atoms with Crippen LogP contribution in [-0.4, -0.2) is 38.5 Å². The van der Waals surface area contributed by atoms with Gasteiger partial charge in [0.25, 0.3) is 5.91 Å². The number of anilines is 1. The molecule has 0 bridgehead atoms. The van der Waals surface area contributed by atoms with Crippen LogP contribution in [0.4, 0.5) is 5.69 Å². The Labute approximate surface area is 174 Å². The number of rotatable bonds is 4. The van der Waals surface area contributed by atoms with Crippen LogP contribution in [0.3, 0.4) is 0 Å². The Morgan fingerprint density at radius 3 is 2.45 bits per heavy atom. The molecule has 2 aliphatic heterocycles. The normalized spacial score (nSPS) is 17.0. The maximum atomic E-state index is 13.0. The van der Waals surface area contributed by atoms with Gasteiger partial charge in [0.05, 0.1) is 15.5 Å². The van der Waals surface area contributed by atoms with Crippen LogP contribution < -0.4 is 14.8 Å². The molecule has 2 aliphatic rings. The van der Waals surface area contributed by atoms with Crippen molar-refractivity contribution in [2.75, 3.05) is 25.2 Å². The second kappa shape index (κ2) is 8.22. The zero-order chi connectivity index (χ0) is 20.4. The van der Waals surface area contributed by atoms with Gasteiger partial charge in [-0.05, 0) is 43.2 Å². The maximum Gasteiger partial charge on any atom is 0.257 e. The van der Waals surface area contributed by atoms with Gasteiger partial charge in [0.15, 0.2) is 11.5 Å². The predicted octanol–water partition coefficient (Wildman–Crippen LogP) is 3.89. The van der Waals surface area contributed by atoms with Crippen LogP contribution in [0, 0.1) is 0 Å². The summed E-state index contributed by atoms with van der Waals surface area (Å²) in [6, 6.07) is 9.24. The topological polar surface area (TPSA) is 84.9 Å². The van der Waals surface area contributed by atoms with E-state index in [0.717, 1.165) is 25.7 Å². The maximum absolute atomic E-state index is 13.0. The highest BCUT2D eigenvalue weighted by molar-refractivity contribution is 7.89. The summed E-state index contributed by atoms with van der Waals surface area (Å²) in [5.74, 6) is 0.639. The Bertz CT molecular complexity index is 1030. The zero-order valence-electron chi connectivity index (χ0n) is 15.7. The second-order valence-corrected chi connectivity index (χ2v) is 9.33. The van der Waals surface area contributed by atoms with E-state index in [2.05, 4.69) is 5.32 Å². The number of carbonyl (C=O) groups is 1. The molecule has 1 fully saturated rings. The Kier molecular flexibility index (Phi) is 5.67. The number of hydrogen-bond donors (Lipinski definition) is 1. The Morgan fingerprint density at radius 1 is 0.966 bits per heavy atom. The zero-order valence-corrected chi connectivity index (χ0v) is 17.3. The molecule has 0 atom stereocenters. The molecule has 0 aliphatic carbocycles. The van der Waals surface area contributed by atoms with Crippen molar-refractivity contribution in [1.82, 2.24) is 4.31 Å². The predicted molar refractivity (Wildman–Crippen MR) is 109 cm³/mol. The summed E-state index contributed by atoms with van der Waals surface area (Å²) in [5, 5.41) is 2.91. The lowest BCUT2D eigenvalue weighted by molar-refractivity contribution is 0.102. The van der Waals surface area contributed by atoms with Gasteiger partial charge in [-0.3, -0.25) is 4.79 Å². The van der Waals surface area contributed by atoms with Gasteiger partial charge in [0, 0.05) is 24.8 Å². The van der Waals surface area contributed by atoms with Crippen LogP contribution in [0.2, 0.25) is 5.02 Å². The molecule has 9 heteroatoms. The SMILES string of the molecule is O=C(Nc1ccc2c(c1)OCO2)c1cc(S(=O)(=O)N2CCCCCC2)ccc1Cl. The van der Waals surface area contributed by atoms with Crippen molar-refractivity contribution < 1.29 is 22.7 Å². The van der Waals surface area contributed by atoms with Gasteiger partial charge in [0.1, 0.15) is 0 Å². The van der Waals surface area contributed by atoms with Gasteiger partial charge in [-0.1, -0.05) is 24.4 Å². The van der Waals surface area contributed by atoms with Crippen molar-refractivity contribution in [2.45, 2.75) is 30.6 Å². The molecule has 1 amide bonds. The smallest absolute Gasteiger partial charge is 0.257 e. The number of ether oxygens (including phenoxy) is 2. The molecule has 1 N–H and O–H groups in total. The minimum absolute atomic E-state index is 0.0691. The first-order valence-corrected chi connectivity index (χ1v) is 11.3. The lowest BCUT2D eigenvalue weighted by atomic mass is 10.2. The highest BCUT2D eigenvalue weighted by Crippen LogP contribution is 2.34. The number of carbonyl (C=O) groups excluding carboxylic acids is 1. The number of sulfonamides is 1. The highest BCUT2D eigenvalue weighted by atomic mass is 35.5. The fourth-order valence-corrected chi connectivity index (χ4v) is 5.19. The molecule has 4 rings (SSSR count). The van der Waals surface area contributed by atoms with Crippen LogP contribution >= 0.6 is 11.6 Å². The summed E-state index contributed by atoms with van der Waals surface area (Å²) in [4.78, 5) is 12.8. The van der Waals surface area contributed by atoms with Gasteiger partial charge in [0.2, 0.25) is 16.8 Å². The van der Waals surface area contributed by atoms with Crippen molar-refractivity contribution in [3.8, 4) is 11.5 Å². The summed E-state index contributed by atoms with van der Waals surface area (Å²) in [7, 11) is -3.68. The summed E-state index contributed by atoms with van der Waals surface area (Å²) < 4.78 is 38.1. The Hall–Kier alpha value is -2.29. The lowest BCUT2D eigenvalue weighted by Crippen LogP contribution is -2.32. The van der Waals surface area contributed by atoms with Crippen molar-refractivity contribution in [3.63, 3.8) is 0 Å². The molecule has 0 radical (unpaired) electrons. The molecule has 0 aromatic heterocycles. The largest absolute Gasteiger partial charge is 0.454 e. The van der Waals surface area contributed by atoms with Crippen molar-refractivity contribution >= 4 is 33.2 Å². The van der Waals surface area contributed by atoms with Crippen LogP contribution in [-0.2, 0) is 10.0 Å². The van der Waals surface area contributed by atoms with E-state index in [1.807, 2.05) is 0 Å². The molecular formula is C20H21ClN2O5S. The fourth-order valence-electron chi connectivity index (χ4n) is 3.44. The van der Waals surface area contributed by atoms with E-state index in [-0.39, 0.29) is 22.3 Å². The summed E-state index contributed by atoms with van der Waals surface area (Å²) in [6.07, 6.45) is 3.72. The minimum atomic E-state index is -3.68. The fraction of sp³-hybridized carbons (Fsp3) is 0.350. The number of amides is 1. The van der Waals surface area contributed by atoms with E-state index >= 15 is 0 Å². The van der Waals surface area contributed by atoms with Crippen molar-refractivity contribution in [1.29, 1.82) is 0 Å². The van der Waals surface area contributed by atoms with E-state index < -0.39 is 15.9 Å². The van der Waals surface area contributed by atoms with Crippen molar-refractivity contribution in [2.24, 2.45) is 0 Å². The van der Waals surface area contributed by atoms with Gasteiger partial charge >= 0.3 is 0 Å². The first-order chi connectivity index (χ1) is 13.9. The first-order valence-electron chi connectivity index (χ1n) is 9.46. The molecule has 154 valence electrons.